The monoisotopic (exact) mass is 282 g/mol. The van der Waals surface area contributed by atoms with E-state index in [1.165, 1.54) is 6.07 Å². The summed E-state index contributed by atoms with van der Waals surface area (Å²) in [4.78, 5) is 3.74. The molecule has 0 unspecified atom stereocenters. The van der Waals surface area contributed by atoms with Crippen LogP contribution in [0.25, 0.3) is 0 Å². The van der Waals surface area contributed by atoms with E-state index < -0.39 is 11.7 Å². The first-order chi connectivity index (χ1) is 9.49. The average Bonchev–Trinajstić information content (AvgIpc) is 2.45. The van der Waals surface area contributed by atoms with Crippen molar-refractivity contribution in [2.75, 3.05) is 12.4 Å². The number of hydrogen-bond donors (Lipinski definition) is 1. The zero-order valence-electron chi connectivity index (χ0n) is 10.7. The number of ether oxygens (including phenoxy) is 1. The van der Waals surface area contributed by atoms with Gasteiger partial charge in [-0.05, 0) is 29.8 Å². The van der Waals surface area contributed by atoms with E-state index >= 15 is 0 Å². The third-order valence-electron chi connectivity index (χ3n) is 2.72. The highest BCUT2D eigenvalue weighted by atomic mass is 19.4. The fourth-order valence-electron chi connectivity index (χ4n) is 1.60. The van der Waals surface area contributed by atoms with Crippen LogP contribution in [0.2, 0.25) is 0 Å². The Labute approximate surface area is 114 Å². The number of hydrogen-bond acceptors (Lipinski definition) is 3. The van der Waals surface area contributed by atoms with Crippen LogP contribution in [-0.4, -0.2) is 12.1 Å². The number of nitrogens with zero attached hydrogens (tertiary/aromatic N) is 1. The lowest BCUT2D eigenvalue weighted by atomic mass is 10.2. The minimum absolute atomic E-state index is 0.397. The Morgan fingerprint density at radius 3 is 2.30 bits per heavy atom. The van der Waals surface area contributed by atoms with Gasteiger partial charge in [-0.3, -0.25) is 0 Å². The van der Waals surface area contributed by atoms with Crippen molar-refractivity contribution in [2.45, 2.75) is 12.7 Å². The zero-order valence-corrected chi connectivity index (χ0v) is 10.7. The predicted molar refractivity (Wildman–Crippen MR) is 69.6 cm³/mol. The number of alkyl halides is 3. The van der Waals surface area contributed by atoms with E-state index in [-0.39, 0.29) is 0 Å². The Morgan fingerprint density at radius 2 is 1.80 bits per heavy atom. The van der Waals surface area contributed by atoms with E-state index in [0.717, 1.165) is 23.6 Å². The van der Waals surface area contributed by atoms with Crippen LogP contribution >= 0.6 is 0 Å². The van der Waals surface area contributed by atoms with Crippen molar-refractivity contribution in [3.05, 3.63) is 53.7 Å². The van der Waals surface area contributed by atoms with E-state index in [9.17, 15) is 13.2 Å². The molecule has 3 nitrogen and oxygen atoms in total. The Hall–Kier alpha value is -2.24. The second kappa shape index (κ2) is 5.81. The van der Waals surface area contributed by atoms with Crippen molar-refractivity contribution in [1.29, 1.82) is 0 Å². The van der Waals surface area contributed by atoms with E-state index in [1.54, 1.807) is 7.11 Å². The molecule has 20 heavy (non-hydrogen) atoms. The van der Waals surface area contributed by atoms with E-state index in [0.29, 0.717) is 12.4 Å². The fraction of sp³-hybridized carbons (Fsp3) is 0.214. The maximum Gasteiger partial charge on any atom is 0.417 e. The van der Waals surface area contributed by atoms with Crippen LogP contribution in [0.1, 0.15) is 11.1 Å². The van der Waals surface area contributed by atoms with Gasteiger partial charge in [0, 0.05) is 12.7 Å². The molecule has 106 valence electrons. The second-order valence-electron chi connectivity index (χ2n) is 4.13. The lowest BCUT2D eigenvalue weighted by Crippen LogP contribution is -2.07. The summed E-state index contributed by atoms with van der Waals surface area (Å²) in [6.45, 7) is 0.475. The molecule has 1 aromatic heterocycles. The fourth-order valence-corrected chi connectivity index (χ4v) is 1.60. The van der Waals surface area contributed by atoms with Gasteiger partial charge in [-0.2, -0.15) is 13.2 Å². The van der Waals surface area contributed by atoms with Crippen LogP contribution in [0.5, 0.6) is 5.75 Å². The molecule has 6 heteroatoms. The van der Waals surface area contributed by atoms with Crippen molar-refractivity contribution >= 4 is 5.82 Å². The van der Waals surface area contributed by atoms with Crippen LogP contribution in [0.3, 0.4) is 0 Å². The number of anilines is 1. The third-order valence-corrected chi connectivity index (χ3v) is 2.72. The number of aromatic nitrogens is 1. The summed E-state index contributed by atoms with van der Waals surface area (Å²) in [5.41, 5.74) is 0.222. The summed E-state index contributed by atoms with van der Waals surface area (Å²) >= 11 is 0. The van der Waals surface area contributed by atoms with E-state index in [2.05, 4.69) is 10.3 Å². The van der Waals surface area contributed by atoms with Gasteiger partial charge in [-0.25, -0.2) is 4.98 Å². The van der Waals surface area contributed by atoms with Gasteiger partial charge < -0.3 is 10.1 Å². The van der Waals surface area contributed by atoms with Gasteiger partial charge in [0.25, 0.3) is 0 Å². The number of nitrogens with one attached hydrogen (secondary N) is 1. The summed E-state index contributed by atoms with van der Waals surface area (Å²) in [5, 5.41) is 2.96. The largest absolute Gasteiger partial charge is 0.497 e. The zero-order chi connectivity index (χ0) is 14.6. The Kier molecular flexibility index (Phi) is 4.12. The van der Waals surface area contributed by atoms with Crippen molar-refractivity contribution in [1.82, 2.24) is 4.98 Å². The highest BCUT2D eigenvalue weighted by Gasteiger charge is 2.30. The van der Waals surface area contributed by atoms with Gasteiger partial charge in [-0.15, -0.1) is 0 Å². The van der Waals surface area contributed by atoms with Crippen molar-refractivity contribution in [3.63, 3.8) is 0 Å². The first kappa shape index (κ1) is 14.2. The molecule has 0 aliphatic heterocycles. The molecular weight excluding hydrogens is 269 g/mol. The van der Waals surface area contributed by atoms with Crippen molar-refractivity contribution in [3.8, 4) is 5.75 Å². The number of rotatable bonds is 4. The number of halogens is 3. The minimum atomic E-state index is -4.36. The first-order valence-electron chi connectivity index (χ1n) is 5.89. The maximum atomic E-state index is 12.4. The van der Waals surface area contributed by atoms with E-state index in [4.69, 9.17) is 4.74 Å². The molecule has 0 spiro atoms. The molecule has 0 aliphatic carbocycles. The van der Waals surface area contributed by atoms with Gasteiger partial charge in [0.1, 0.15) is 11.6 Å². The Balaban J connectivity index is 1.96. The highest BCUT2D eigenvalue weighted by molar-refractivity contribution is 5.38. The smallest absolute Gasteiger partial charge is 0.417 e. The molecule has 0 atom stereocenters. The van der Waals surface area contributed by atoms with Crippen LogP contribution < -0.4 is 10.1 Å². The molecule has 1 heterocycles. The average molecular weight is 282 g/mol. The van der Waals surface area contributed by atoms with E-state index in [1.807, 2.05) is 24.3 Å². The normalized spacial score (nSPS) is 11.2. The summed E-state index contributed by atoms with van der Waals surface area (Å²) in [6, 6.07) is 9.69. The van der Waals surface area contributed by atoms with Crippen LogP contribution in [-0.2, 0) is 12.7 Å². The summed E-state index contributed by atoms with van der Waals surface area (Å²) in [6.07, 6.45) is -3.54. The number of methoxy groups -OCH3 is 1. The maximum absolute atomic E-state index is 12.4. The van der Waals surface area contributed by atoms with Gasteiger partial charge in [0.2, 0.25) is 0 Å². The van der Waals surface area contributed by atoms with Crippen LogP contribution in [0.4, 0.5) is 19.0 Å². The van der Waals surface area contributed by atoms with Gasteiger partial charge in [-0.1, -0.05) is 12.1 Å². The molecular formula is C14H13F3N2O. The summed E-state index contributed by atoms with van der Waals surface area (Å²) in [7, 11) is 1.58. The molecule has 0 fully saturated rings. The molecule has 2 aromatic rings. The molecule has 0 saturated heterocycles. The van der Waals surface area contributed by atoms with Gasteiger partial charge in [0.05, 0.1) is 12.7 Å². The lowest BCUT2D eigenvalue weighted by molar-refractivity contribution is -0.137. The molecule has 0 radical (unpaired) electrons. The molecule has 1 aromatic carbocycles. The van der Waals surface area contributed by atoms with Crippen molar-refractivity contribution < 1.29 is 17.9 Å². The third kappa shape index (κ3) is 3.63. The van der Waals surface area contributed by atoms with Crippen molar-refractivity contribution in [2.24, 2.45) is 0 Å². The minimum Gasteiger partial charge on any atom is -0.497 e. The molecule has 0 bridgehead atoms. The first-order valence-corrected chi connectivity index (χ1v) is 5.89. The highest BCUT2D eigenvalue weighted by Crippen LogP contribution is 2.28. The predicted octanol–water partition coefficient (Wildman–Crippen LogP) is 3.72. The summed E-state index contributed by atoms with van der Waals surface area (Å²) < 4.78 is 42.1. The Morgan fingerprint density at radius 1 is 1.10 bits per heavy atom. The molecule has 0 saturated carbocycles. The molecule has 2 rings (SSSR count). The topological polar surface area (TPSA) is 34.1 Å². The SMILES string of the molecule is COc1ccc(CNc2ccc(C(F)(F)F)cn2)cc1. The van der Waals surface area contributed by atoms with Gasteiger partial charge >= 0.3 is 6.18 Å². The molecule has 0 amide bonds. The number of benzene rings is 1. The lowest BCUT2D eigenvalue weighted by Gasteiger charge is -2.09. The molecule has 1 N–H and O–H groups in total. The van der Waals surface area contributed by atoms with Crippen LogP contribution in [0, 0.1) is 0 Å². The summed E-state index contributed by atoms with van der Waals surface area (Å²) in [5.74, 6) is 1.15. The van der Waals surface area contributed by atoms with Gasteiger partial charge in [0.15, 0.2) is 0 Å². The molecule has 0 aliphatic rings. The quantitative estimate of drug-likeness (QED) is 0.928. The second-order valence-corrected chi connectivity index (χ2v) is 4.13. The Bertz CT molecular complexity index is 550. The standard InChI is InChI=1S/C14H13F3N2O/c1-20-12-5-2-10(3-6-12)8-18-13-7-4-11(9-19-13)14(15,16)17/h2-7,9H,8H2,1H3,(H,18,19). The van der Waals surface area contributed by atoms with Crippen LogP contribution in [0.15, 0.2) is 42.6 Å². The number of pyridine rings is 1.